The summed E-state index contributed by atoms with van der Waals surface area (Å²) in [6, 6.07) is 16.1. The number of nitrogens with zero attached hydrogens (tertiary/aromatic N) is 2. The lowest BCUT2D eigenvalue weighted by molar-refractivity contribution is -0.139. The molecule has 0 radical (unpaired) electrons. The second-order valence-corrected chi connectivity index (χ2v) is 10.5. The highest BCUT2D eigenvalue weighted by Crippen LogP contribution is 2.19. The summed E-state index contributed by atoms with van der Waals surface area (Å²) in [6.07, 6.45) is 3.24. The lowest BCUT2D eigenvalue weighted by Gasteiger charge is -2.32. The van der Waals surface area contributed by atoms with E-state index in [1.807, 2.05) is 63.2 Å². The van der Waals surface area contributed by atoms with Crippen molar-refractivity contribution in [1.29, 1.82) is 0 Å². The molecule has 0 heterocycles. The third-order valence-electron chi connectivity index (χ3n) is 5.96. The Balaban J connectivity index is 2.29. The zero-order valence-electron chi connectivity index (χ0n) is 20.8. The van der Waals surface area contributed by atoms with Crippen molar-refractivity contribution in [3.05, 3.63) is 65.7 Å². The van der Waals surface area contributed by atoms with Gasteiger partial charge in [-0.25, -0.2) is 8.42 Å². The van der Waals surface area contributed by atoms with Crippen LogP contribution >= 0.6 is 0 Å². The first-order valence-corrected chi connectivity index (χ1v) is 13.6. The van der Waals surface area contributed by atoms with Crippen LogP contribution in [0.4, 0.5) is 5.69 Å². The second kappa shape index (κ2) is 12.6. The molecule has 0 aliphatic carbocycles. The summed E-state index contributed by atoms with van der Waals surface area (Å²) in [5.41, 5.74) is 2.53. The maximum absolute atomic E-state index is 13.5. The summed E-state index contributed by atoms with van der Waals surface area (Å²) < 4.78 is 26.3. The topological polar surface area (TPSA) is 86.8 Å². The van der Waals surface area contributed by atoms with E-state index in [4.69, 9.17) is 0 Å². The molecule has 2 unspecified atom stereocenters. The van der Waals surface area contributed by atoms with Gasteiger partial charge in [-0.15, -0.1) is 0 Å². The second-order valence-electron chi connectivity index (χ2n) is 8.61. The van der Waals surface area contributed by atoms with Crippen LogP contribution in [0, 0.1) is 0 Å². The zero-order valence-corrected chi connectivity index (χ0v) is 21.6. The predicted octanol–water partition coefficient (Wildman–Crippen LogP) is 3.39. The maximum Gasteiger partial charge on any atom is 0.244 e. The van der Waals surface area contributed by atoms with Crippen molar-refractivity contribution in [2.75, 3.05) is 23.7 Å². The molecule has 0 aromatic heterocycles. The highest BCUT2D eigenvalue weighted by atomic mass is 32.2. The maximum atomic E-state index is 13.5. The van der Waals surface area contributed by atoms with Crippen LogP contribution in [-0.4, -0.2) is 56.6 Å². The van der Waals surface area contributed by atoms with Crippen molar-refractivity contribution >= 4 is 27.5 Å². The number of sulfonamides is 1. The molecule has 2 rings (SSSR count). The van der Waals surface area contributed by atoms with E-state index < -0.39 is 22.0 Å². The van der Waals surface area contributed by atoms with E-state index in [0.717, 1.165) is 34.5 Å². The van der Waals surface area contributed by atoms with Gasteiger partial charge in [0.1, 0.15) is 12.6 Å². The van der Waals surface area contributed by atoms with Crippen LogP contribution in [-0.2, 0) is 32.5 Å². The zero-order chi connectivity index (χ0) is 25.3. The van der Waals surface area contributed by atoms with E-state index in [1.54, 1.807) is 19.1 Å². The molecule has 34 heavy (non-hydrogen) atoms. The van der Waals surface area contributed by atoms with Gasteiger partial charge in [0.25, 0.3) is 0 Å². The highest BCUT2D eigenvalue weighted by Gasteiger charge is 2.30. The number of carbonyl (C=O) groups excluding carboxylic acids is 2. The monoisotopic (exact) mass is 487 g/mol. The normalized spacial score (nSPS) is 13.1. The molecule has 0 fully saturated rings. The molecular formula is C26H37N3O4S. The number of carbonyl (C=O) groups is 2. The summed E-state index contributed by atoms with van der Waals surface area (Å²) in [5, 5.41) is 2.93. The molecule has 0 saturated carbocycles. The van der Waals surface area contributed by atoms with E-state index in [-0.39, 0.29) is 18.5 Å². The first kappa shape index (κ1) is 27.4. The molecule has 2 amide bonds. The van der Waals surface area contributed by atoms with Gasteiger partial charge >= 0.3 is 0 Å². The first-order chi connectivity index (χ1) is 16.1. The van der Waals surface area contributed by atoms with Crippen molar-refractivity contribution in [2.24, 2.45) is 0 Å². The number of rotatable bonds is 12. The summed E-state index contributed by atoms with van der Waals surface area (Å²) >= 11 is 0. The van der Waals surface area contributed by atoms with Crippen LogP contribution in [0.5, 0.6) is 0 Å². The SMILES string of the molecule is CCc1ccc(N(CC(=O)N(CCc2ccccc2)C(C)C(=O)NC(C)CC)S(C)(=O)=O)cc1. The highest BCUT2D eigenvalue weighted by molar-refractivity contribution is 7.92. The summed E-state index contributed by atoms with van der Waals surface area (Å²) in [4.78, 5) is 27.8. The Morgan fingerprint density at radius 3 is 2.09 bits per heavy atom. The first-order valence-electron chi connectivity index (χ1n) is 11.8. The molecule has 0 bridgehead atoms. The molecule has 186 valence electrons. The van der Waals surface area contributed by atoms with Gasteiger partial charge in [-0.3, -0.25) is 13.9 Å². The summed E-state index contributed by atoms with van der Waals surface area (Å²) in [7, 11) is -3.72. The van der Waals surface area contributed by atoms with Gasteiger partial charge in [0.2, 0.25) is 21.8 Å². The van der Waals surface area contributed by atoms with E-state index >= 15 is 0 Å². The average Bonchev–Trinajstić information content (AvgIpc) is 2.82. The fourth-order valence-corrected chi connectivity index (χ4v) is 4.40. The van der Waals surface area contributed by atoms with Gasteiger partial charge in [-0.05, 0) is 56.4 Å². The Hall–Kier alpha value is -2.87. The van der Waals surface area contributed by atoms with E-state index in [9.17, 15) is 18.0 Å². The fourth-order valence-electron chi connectivity index (χ4n) is 3.55. The van der Waals surface area contributed by atoms with Crippen LogP contribution in [0.3, 0.4) is 0 Å². The predicted molar refractivity (Wildman–Crippen MR) is 137 cm³/mol. The minimum Gasteiger partial charge on any atom is -0.352 e. The smallest absolute Gasteiger partial charge is 0.244 e. The summed E-state index contributed by atoms with van der Waals surface area (Å²) in [6.45, 7) is 7.50. The largest absolute Gasteiger partial charge is 0.352 e. The minimum absolute atomic E-state index is 0.0226. The third kappa shape index (κ3) is 7.87. The Kier molecular flexibility index (Phi) is 10.1. The lowest BCUT2D eigenvalue weighted by atomic mass is 10.1. The average molecular weight is 488 g/mol. The Morgan fingerprint density at radius 1 is 0.941 bits per heavy atom. The van der Waals surface area contributed by atoms with Gasteiger partial charge in [0, 0.05) is 12.6 Å². The number of anilines is 1. The molecule has 2 atom stereocenters. The van der Waals surface area contributed by atoms with Gasteiger partial charge in [0.05, 0.1) is 11.9 Å². The van der Waals surface area contributed by atoms with Gasteiger partial charge in [-0.2, -0.15) is 0 Å². The van der Waals surface area contributed by atoms with Crippen LogP contribution in [0.15, 0.2) is 54.6 Å². The van der Waals surface area contributed by atoms with Crippen molar-refractivity contribution in [3.63, 3.8) is 0 Å². The van der Waals surface area contributed by atoms with Gasteiger partial charge in [0.15, 0.2) is 0 Å². The van der Waals surface area contributed by atoms with Crippen molar-refractivity contribution in [1.82, 2.24) is 10.2 Å². The van der Waals surface area contributed by atoms with Crippen LogP contribution in [0.2, 0.25) is 0 Å². The van der Waals surface area contributed by atoms with Crippen molar-refractivity contribution < 1.29 is 18.0 Å². The Bertz CT molecular complexity index is 1040. The number of hydrogen-bond donors (Lipinski definition) is 1. The van der Waals surface area contributed by atoms with Crippen LogP contribution in [0.25, 0.3) is 0 Å². The van der Waals surface area contributed by atoms with Gasteiger partial charge < -0.3 is 10.2 Å². The van der Waals surface area contributed by atoms with E-state index in [1.165, 1.54) is 4.90 Å². The lowest BCUT2D eigenvalue weighted by Crippen LogP contribution is -2.53. The molecule has 1 N–H and O–H groups in total. The van der Waals surface area contributed by atoms with E-state index in [2.05, 4.69) is 5.32 Å². The number of hydrogen-bond acceptors (Lipinski definition) is 4. The molecule has 7 nitrogen and oxygen atoms in total. The standard InChI is InChI=1S/C26H37N3O4S/c1-6-20(3)27-26(31)21(4)28(18-17-23-11-9-8-10-12-23)25(30)19-29(34(5,32)33)24-15-13-22(7-2)14-16-24/h8-16,20-21H,6-7,17-19H2,1-5H3,(H,27,31). The fraction of sp³-hybridized carbons (Fsp3) is 0.462. The number of amides is 2. The molecule has 0 aliphatic heterocycles. The summed E-state index contributed by atoms with van der Waals surface area (Å²) in [5.74, 6) is -0.679. The molecular weight excluding hydrogens is 450 g/mol. The molecule has 8 heteroatoms. The molecule has 2 aromatic carbocycles. The number of nitrogens with one attached hydrogen (secondary N) is 1. The Morgan fingerprint density at radius 2 is 1.56 bits per heavy atom. The van der Waals surface area contributed by atoms with Crippen LogP contribution < -0.4 is 9.62 Å². The van der Waals surface area contributed by atoms with Crippen molar-refractivity contribution in [3.8, 4) is 0 Å². The minimum atomic E-state index is -3.72. The van der Waals surface area contributed by atoms with E-state index in [0.29, 0.717) is 18.7 Å². The molecule has 0 saturated heterocycles. The molecule has 0 spiro atoms. The van der Waals surface area contributed by atoms with Crippen LogP contribution in [0.1, 0.15) is 45.2 Å². The number of aryl methyl sites for hydroxylation is 1. The Labute approximate surface area is 204 Å². The van der Waals surface area contributed by atoms with Gasteiger partial charge in [-0.1, -0.05) is 56.3 Å². The van der Waals surface area contributed by atoms with Crippen molar-refractivity contribution in [2.45, 2.75) is 59.0 Å². The quantitative estimate of drug-likeness (QED) is 0.497. The third-order valence-corrected chi connectivity index (χ3v) is 7.10. The molecule has 2 aromatic rings. The number of benzene rings is 2. The molecule has 0 aliphatic rings.